The minimum Gasteiger partial charge on any atom is -0.357 e. The molecule has 7 heteroatoms. The molecule has 1 aliphatic heterocycles. The third-order valence-corrected chi connectivity index (χ3v) is 5.71. The Balaban J connectivity index is 1.33. The lowest BCUT2D eigenvalue weighted by molar-refractivity contribution is 0.0950. The Morgan fingerprint density at radius 2 is 1.83 bits per heavy atom. The van der Waals surface area contributed by atoms with Gasteiger partial charge in [0.15, 0.2) is 0 Å². The van der Waals surface area contributed by atoms with Crippen LogP contribution in [-0.2, 0) is 6.54 Å². The summed E-state index contributed by atoms with van der Waals surface area (Å²) < 4.78 is 0. The number of aromatic nitrogens is 1. The number of rotatable bonds is 6. The highest BCUT2D eigenvalue weighted by molar-refractivity contribution is 7.12. The van der Waals surface area contributed by atoms with E-state index in [1.807, 2.05) is 23.6 Å². The smallest absolute Gasteiger partial charge is 0.265 e. The molecule has 4 rings (SSSR count). The summed E-state index contributed by atoms with van der Waals surface area (Å²) in [5.74, 6) is 0.671. The van der Waals surface area contributed by atoms with Crippen LogP contribution in [0.25, 0.3) is 0 Å². The highest BCUT2D eigenvalue weighted by atomic mass is 32.1. The lowest BCUT2D eigenvalue weighted by Crippen LogP contribution is -2.23. The zero-order valence-corrected chi connectivity index (χ0v) is 16.7. The van der Waals surface area contributed by atoms with Crippen LogP contribution in [0.15, 0.2) is 60.1 Å². The van der Waals surface area contributed by atoms with E-state index in [1.165, 1.54) is 24.2 Å². The van der Waals surface area contributed by atoms with E-state index in [4.69, 9.17) is 0 Å². The molecule has 1 saturated heterocycles. The van der Waals surface area contributed by atoms with E-state index in [0.29, 0.717) is 22.7 Å². The van der Waals surface area contributed by atoms with Crippen LogP contribution in [0.4, 0.5) is 11.5 Å². The van der Waals surface area contributed by atoms with Crippen LogP contribution in [0.1, 0.15) is 38.4 Å². The topological polar surface area (TPSA) is 74.3 Å². The van der Waals surface area contributed by atoms with Gasteiger partial charge in [-0.3, -0.25) is 9.59 Å². The maximum Gasteiger partial charge on any atom is 0.265 e. The van der Waals surface area contributed by atoms with Gasteiger partial charge in [-0.2, -0.15) is 0 Å². The van der Waals surface area contributed by atoms with Gasteiger partial charge in [-0.1, -0.05) is 6.07 Å². The molecule has 2 N–H and O–H groups in total. The van der Waals surface area contributed by atoms with Crippen molar-refractivity contribution in [2.75, 3.05) is 23.3 Å². The fraction of sp³-hybridized carbons (Fsp3) is 0.227. The number of hydrogen-bond acceptors (Lipinski definition) is 5. The van der Waals surface area contributed by atoms with Crippen LogP contribution in [0.2, 0.25) is 0 Å². The summed E-state index contributed by atoms with van der Waals surface area (Å²) >= 11 is 1.39. The molecule has 1 fully saturated rings. The zero-order chi connectivity index (χ0) is 20.1. The van der Waals surface area contributed by atoms with Crippen molar-refractivity contribution in [1.29, 1.82) is 0 Å². The van der Waals surface area contributed by atoms with E-state index in [1.54, 1.807) is 36.5 Å². The predicted octanol–water partition coefficient (Wildman–Crippen LogP) is 3.93. The lowest BCUT2D eigenvalue weighted by atomic mass is 10.2. The standard InChI is InChI=1S/C22H22N4O2S/c27-21(24-15-16-9-10-23-20(14-16)26-11-1-2-12-26)17-5-7-18(8-6-17)25-22(28)19-4-3-13-29-19/h3-10,13-14H,1-2,11-12,15H2,(H,24,27)(H,25,28). The molecule has 3 heterocycles. The van der Waals surface area contributed by atoms with Crippen molar-refractivity contribution in [3.05, 3.63) is 76.1 Å². The summed E-state index contributed by atoms with van der Waals surface area (Å²) in [5.41, 5.74) is 2.23. The second kappa shape index (κ2) is 8.87. The first-order valence-electron chi connectivity index (χ1n) is 9.62. The molecule has 0 radical (unpaired) electrons. The fourth-order valence-electron chi connectivity index (χ4n) is 3.28. The van der Waals surface area contributed by atoms with Gasteiger partial charge in [0.05, 0.1) is 4.88 Å². The van der Waals surface area contributed by atoms with E-state index in [2.05, 4.69) is 20.5 Å². The molecule has 0 spiro atoms. The molecule has 0 aliphatic carbocycles. The van der Waals surface area contributed by atoms with Crippen molar-refractivity contribution in [3.63, 3.8) is 0 Å². The Hall–Kier alpha value is -3.19. The molecule has 2 aromatic heterocycles. The molecule has 6 nitrogen and oxygen atoms in total. The number of amides is 2. The number of pyridine rings is 1. The van der Waals surface area contributed by atoms with Gasteiger partial charge in [0.25, 0.3) is 11.8 Å². The van der Waals surface area contributed by atoms with Gasteiger partial charge < -0.3 is 15.5 Å². The highest BCUT2D eigenvalue weighted by Gasteiger charge is 2.14. The van der Waals surface area contributed by atoms with E-state index in [-0.39, 0.29) is 11.8 Å². The summed E-state index contributed by atoms with van der Waals surface area (Å²) in [7, 11) is 0. The molecule has 0 saturated carbocycles. The average molecular weight is 407 g/mol. The molecule has 0 bridgehead atoms. The lowest BCUT2D eigenvalue weighted by Gasteiger charge is -2.17. The average Bonchev–Trinajstić information content (AvgIpc) is 3.47. The van der Waals surface area contributed by atoms with Crippen molar-refractivity contribution in [2.24, 2.45) is 0 Å². The number of thiophene rings is 1. The molecule has 3 aromatic rings. The Kier molecular flexibility index (Phi) is 5.86. The number of benzene rings is 1. The van der Waals surface area contributed by atoms with Gasteiger partial charge in [-0.25, -0.2) is 4.98 Å². The molecule has 148 valence electrons. The first-order chi connectivity index (χ1) is 14.2. The Bertz CT molecular complexity index is 980. The van der Waals surface area contributed by atoms with Crippen LogP contribution in [0, 0.1) is 0 Å². The minimum atomic E-state index is -0.152. The van der Waals surface area contributed by atoms with E-state index in [9.17, 15) is 9.59 Å². The van der Waals surface area contributed by atoms with Crippen molar-refractivity contribution in [3.8, 4) is 0 Å². The number of hydrogen-bond donors (Lipinski definition) is 2. The SMILES string of the molecule is O=C(NCc1ccnc(N2CCCC2)c1)c1ccc(NC(=O)c2cccs2)cc1. The van der Waals surface area contributed by atoms with Crippen molar-refractivity contribution in [2.45, 2.75) is 19.4 Å². The number of anilines is 2. The van der Waals surface area contributed by atoms with Gasteiger partial charge in [-0.05, 0) is 66.2 Å². The highest BCUT2D eigenvalue weighted by Crippen LogP contribution is 2.19. The van der Waals surface area contributed by atoms with Crippen LogP contribution >= 0.6 is 11.3 Å². The van der Waals surface area contributed by atoms with Gasteiger partial charge >= 0.3 is 0 Å². The first kappa shape index (κ1) is 19.1. The fourth-order valence-corrected chi connectivity index (χ4v) is 3.90. The monoisotopic (exact) mass is 406 g/mol. The van der Waals surface area contributed by atoms with Gasteiger partial charge in [0.2, 0.25) is 0 Å². The van der Waals surface area contributed by atoms with E-state index < -0.39 is 0 Å². The largest absolute Gasteiger partial charge is 0.357 e. The van der Waals surface area contributed by atoms with Crippen molar-refractivity contribution in [1.82, 2.24) is 10.3 Å². The maximum absolute atomic E-state index is 12.5. The Morgan fingerprint density at radius 3 is 2.55 bits per heavy atom. The molecule has 0 unspecified atom stereocenters. The molecule has 0 atom stereocenters. The minimum absolute atomic E-state index is 0.149. The predicted molar refractivity (Wildman–Crippen MR) is 116 cm³/mol. The molecule has 1 aliphatic rings. The van der Waals surface area contributed by atoms with Gasteiger partial charge in [0, 0.05) is 37.1 Å². The summed E-state index contributed by atoms with van der Waals surface area (Å²) in [6.45, 7) is 2.52. The quantitative estimate of drug-likeness (QED) is 0.651. The number of carbonyl (C=O) groups is 2. The van der Waals surface area contributed by atoms with Crippen molar-refractivity contribution >= 4 is 34.7 Å². The molecule has 2 amide bonds. The van der Waals surface area contributed by atoms with Crippen LogP contribution in [0.3, 0.4) is 0 Å². The first-order valence-corrected chi connectivity index (χ1v) is 10.5. The van der Waals surface area contributed by atoms with E-state index >= 15 is 0 Å². The number of carbonyl (C=O) groups excluding carboxylic acids is 2. The van der Waals surface area contributed by atoms with Gasteiger partial charge in [0.1, 0.15) is 5.82 Å². The van der Waals surface area contributed by atoms with E-state index in [0.717, 1.165) is 24.5 Å². The number of nitrogens with zero attached hydrogens (tertiary/aromatic N) is 2. The molecule has 29 heavy (non-hydrogen) atoms. The summed E-state index contributed by atoms with van der Waals surface area (Å²) in [6.07, 6.45) is 4.19. The second-order valence-corrected chi connectivity index (χ2v) is 7.86. The van der Waals surface area contributed by atoms with Crippen LogP contribution in [-0.4, -0.2) is 29.9 Å². The second-order valence-electron chi connectivity index (χ2n) is 6.91. The van der Waals surface area contributed by atoms with Gasteiger partial charge in [-0.15, -0.1) is 11.3 Å². The maximum atomic E-state index is 12.5. The third kappa shape index (κ3) is 4.81. The van der Waals surface area contributed by atoms with Crippen LogP contribution < -0.4 is 15.5 Å². The zero-order valence-electron chi connectivity index (χ0n) is 15.9. The summed E-state index contributed by atoms with van der Waals surface area (Å²) in [5, 5.41) is 7.63. The third-order valence-electron chi connectivity index (χ3n) is 4.84. The summed E-state index contributed by atoms with van der Waals surface area (Å²) in [6, 6.07) is 14.5. The molecule has 1 aromatic carbocycles. The summed E-state index contributed by atoms with van der Waals surface area (Å²) in [4.78, 5) is 31.9. The Labute approximate surface area is 173 Å². The number of nitrogens with one attached hydrogen (secondary N) is 2. The van der Waals surface area contributed by atoms with Crippen molar-refractivity contribution < 1.29 is 9.59 Å². The Morgan fingerprint density at radius 1 is 1.03 bits per heavy atom. The molecular weight excluding hydrogens is 384 g/mol. The normalized spacial score (nSPS) is 13.3. The van der Waals surface area contributed by atoms with Crippen LogP contribution in [0.5, 0.6) is 0 Å². The molecular formula is C22H22N4O2S.